The summed E-state index contributed by atoms with van der Waals surface area (Å²) < 4.78 is 0. The number of nitrogens with zero attached hydrogens (tertiary/aromatic N) is 5. The Morgan fingerprint density at radius 3 is 2.55 bits per heavy atom. The second-order valence-corrected chi connectivity index (χ2v) is 5.39. The average molecular weight is 299 g/mol. The Labute approximate surface area is 133 Å². The van der Waals surface area contributed by atoms with Crippen LogP contribution in [0, 0.1) is 0 Å². The first-order valence-electron chi connectivity index (χ1n) is 7.94. The van der Waals surface area contributed by atoms with E-state index >= 15 is 0 Å². The maximum absolute atomic E-state index is 4.67. The molecule has 5 heteroatoms. The number of rotatable bonds is 8. The zero-order valence-corrected chi connectivity index (χ0v) is 13.7. The lowest BCUT2D eigenvalue weighted by Crippen LogP contribution is -2.26. The SMILES string of the molecule is CCCCN(C)c1cnnc(N(CC)Cc2ccccc2)n1. The van der Waals surface area contributed by atoms with Gasteiger partial charge in [0.2, 0.25) is 5.95 Å². The van der Waals surface area contributed by atoms with Gasteiger partial charge in [0.1, 0.15) is 0 Å². The highest BCUT2D eigenvalue weighted by molar-refractivity contribution is 5.41. The fourth-order valence-corrected chi connectivity index (χ4v) is 2.24. The van der Waals surface area contributed by atoms with Gasteiger partial charge >= 0.3 is 0 Å². The first kappa shape index (κ1) is 16.2. The van der Waals surface area contributed by atoms with Gasteiger partial charge in [0.05, 0.1) is 6.20 Å². The van der Waals surface area contributed by atoms with Crippen LogP contribution in [0.2, 0.25) is 0 Å². The molecular formula is C17H25N5. The van der Waals surface area contributed by atoms with Crippen LogP contribution in [0.1, 0.15) is 32.3 Å². The van der Waals surface area contributed by atoms with Crippen molar-refractivity contribution < 1.29 is 0 Å². The molecule has 0 radical (unpaired) electrons. The van der Waals surface area contributed by atoms with Gasteiger partial charge in [-0.1, -0.05) is 43.7 Å². The van der Waals surface area contributed by atoms with Gasteiger partial charge in [-0.05, 0) is 18.9 Å². The lowest BCUT2D eigenvalue weighted by atomic mass is 10.2. The molecule has 5 nitrogen and oxygen atoms in total. The van der Waals surface area contributed by atoms with Crippen molar-refractivity contribution in [3.8, 4) is 0 Å². The van der Waals surface area contributed by atoms with Crippen molar-refractivity contribution in [1.29, 1.82) is 0 Å². The first-order chi connectivity index (χ1) is 10.7. The average Bonchev–Trinajstić information content (AvgIpc) is 2.58. The molecule has 0 fully saturated rings. The molecule has 2 aromatic rings. The van der Waals surface area contributed by atoms with Crippen LogP contribution in [0.5, 0.6) is 0 Å². The molecule has 1 aromatic heterocycles. The lowest BCUT2D eigenvalue weighted by molar-refractivity contribution is 0.736. The second-order valence-electron chi connectivity index (χ2n) is 5.39. The molecule has 1 aromatic carbocycles. The van der Waals surface area contributed by atoms with Crippen LogP contribution in [0.15, 0.2) is 36.5 Å². The van der Waals surface area contributed by atoms with Crippen molar-refractivity contribution in [2.45, 2.75) is 33.2 Å². The first-order valence-corrected chi connectivity index (χ1v) is 7.94. The van der Waals surface area contributed by atoms with Gasteiger partial charge in [0, 0.05) is 26.7 Å². The summed E-state index contributed by atoms with van der Waals surface area (Å²) in [5, 5.41) is 8.34. The van der Waals surface area contributed by atoms with Gasteiger partial charge in [-0.25, -0.2) is 0 Å². The Balaban J connectivity index is 2.12. The van der Waals surface area contributed by atoms with E-state index in [1.807, 2.05) is 6.07 Å². The van der Waals surface area contributed by atoms with E-state index in [-0.39, 0.29) is 0 Å². The van der Waals surface area contributed by atoms with Crippen LogP contribution in [-0.2, 0) is 6.54 Å². The second kappa shape index (κ2) is 8.32. The van der Waals surface area contributed by atoms with Crippen LogP contribution in [0.25, 0.3) is 0 Å². The van der Waals surface area contributed by atoms with Crippen LogP contribution in [0.4, 0.5) is 11.8 Å². The minimum atomic E-state index is 0.687. The minimum absolute atomic E-state index is 0.687. The summed E-state index contributed by atoms with van der Waals surface area (Å²) in [5.41, 5.74) is 1.25. The Morgan fingerprint density at radius 2 is 1.86 bits per heavy atom. The largest absolute Gasteiger partial charge is 0.358 e. The number of benzene rings is 1. The predicted octanol–water partition coefficient (Wildman–Crippen LogP) is 3.13. The monoisotopic (exact) mass is 299 g/mol. The van der Waals surface area contributed by atoms with Gasteiger partial charge in [0.25, 0.3) is 0 Å². The molecule has 118 valence electrons. The van der Waals surface area contributed by atoms with Crippen molar-refractivity contribution in [2.75, 3.05) is 29.9 Å². The number of anilines is 2. The third kappa shape index (κ3) is 4.41. The summed E-state index contributed by atoms with van der Waals surface area (Å²) in [6.45, 7) is 6.93. The van der Waals surface area contributed by atoms with Gasteiger partial charge in [0.15, 0.2) is 5.82 Å². The van der Waals surface area contributed by atoms with E-state index in [1.54, 1.807) is 6.20 Å². The Hall–Kier alpha value is -2.17. The third-order valence-corrected chi connectivity index (χ3v) is 3.65. The van der Waals surface area contributed by atoms with Gasteiger partial charge in [-0.15, -0.1) is 5.10 Å². The number of unbranched alkanes of at least 4 members (excludes halogenated alkanes) is 1. The molecule has 0 aliphatic carbocycles. The van der Waals surface area contributed by atoms with Crippen LogP contribution in [-0.4, -0.2) is 35.3 Å². The van der Waals surface area contributed by atoms with Gasteiger partial charge < -0.3 is 9.80 Å². The van der Waals surface area contributed by atoms with E-state index in [2.05, 4.69) is 70.1 Å². The molecule has 2 rings (SSSR count). The van der Waals surface area contributed by atoms with E-state index in [0.29, 0.717) is 5.95 Å². The lowest BCUT2D eigenvalue weighted by Gasteiger charge is -2.23. The molecule has 0 saturated carbocycles. The van der Waals surface area contributed by atoms with Crippen molar-refractivity contribution in [3.05, 3.63) is 42.1 Å². The van der Waals surface area contributed by atoms with Crippen LogP contribution in [0.3, 0.4) is 0 Å². The molecule has 0 unspecified atom stereocenters. The number of hydrogen-bond donors (Lipinski definition) is 0. The highest BCUT2D eigenvalue weighted by Crippen LogP contribution is 2.15. The maximum Gasteiger partial charge on any atom is 0.247 e. The molecule has 0 amide bonds. The maximum atomic E-state index is 4.67. The molecule has 0 N–H and O–H groups in total. The molecule has 0 saturated heterocycles. The Kier molecular flexibility index (Phi) is 6.13. The number of aromatic nitrogens is 3. The summed E-state index contributed by atoms with van der Waals surface area (Å²) >= 11 is 0. The summed E-state index contributed by atoms with van der Waals surface area (Å²) in [4.78, 5) is 8.95. The van der Waals surface area contributed by atoms with Crippen molar-refractivity contribution in [1.82, 2.24) is 15.2 Å². The topological polar surface area (TPSA) is 45.2 Å². The Bertz CT molecular complexity index is 558. The van der Waals surface area contributed by atoms with Gasteiger partial charge in [-0.2, -0.15) is 10.1 Å². The van der Waals surface area contributed by atoms with Crippen LogP contribution >= 0.6 is 0 Å². The third-order valence-electron chi connectivity index (χ3n) is 3.65. The smallest absolute Gasteiger partial charge is 0.247 e. The zero-order chi connectivity index (χ0) is 15.8. The van der Waals surface area contributed by atoms with E-state index in [4.69, 9.17) is 0 Å². The predicted molar refractivity (Wildman–Crippen MR) is 91.2 cm³/mol. The van der Waals surface area contributed by atoms with Crippen molar-refractivity contribution in [3.63, 3.8) is 0 Å². The van der Waals surface area contributed by atoms with E-state index in [0.717, 1.165) is 31.9 Å². The summed E-state index contributed by atoms with van der Waals surface area (Å²) in [6.07, 6.45) is 4.05. The molecule has 0 aliphatic heterocycles. The highest BCUT2D eigenvalue weighted by Gasteiger charge is 2.11. The highest BCUT2D eigenvalue weighted by atomic mass is 15.3. The molecule has 0 spiro atoms. The molecule has 0 aliphatic rings. The minimum Gasteiger partial charge on any atom is -0.358 e. The van der Waals surface area contributed by atoms with E-state index < -0.39 is 0 Å². The zero-order valence-electron chi connectivity index (χ0n) is 13.7. The fourth-order valence-electron chi connectivity index (χ4n) is 2.24. The Morgan fingerprint density at radius 1 is 1.09 bits per heavy atom. The fraction of sp³-hybridized carbons (Fsp3) is 0.471. The summed E-state index contributed by atoms with van der Waals surface area (Å²) in [7, 11) is 2.05. The normalized spacial score (nSPS) is 10.5. The molecule has 0 bridgehead atoms. The standard InChI is InChI=1S/C17H25N5/c1-4-6-12-21(3)16-13-18-20-17(19-16)22(5-2)14-15-10-8-7-9-11-15/h7-11,13H,4-6,12,14H2,1-3H3. The summed E-state index contributed by atoms with van der Waals surface area (Å²) in [6, 6.07) is 10.4. The summed E-state index contributed by atoms with van der Waals surface area (Å²) in [5.74, 6) is 1.57. The molecular weight excluding hydrogens is 274 g/mol. The van der Waals surface area contributed by atoms with Gasteiger partial charge in [-0.3, -0.25) is 0 Å². The van der Waals surface area contributed by atoms with E-state index in [9.17, 15) is 0 Å². The quantitative estimate of drug-likeness (QED) is 0.749. The molecule has 1 heterocycles. The van der Waals surface area contributed by atoms with Crippen molar-refractivity contribution >= 4 is 11.8 Å². The van der Waals surface area contributed by atoms with Crippen LogP contribution < -0.4 is 9.80 Å². The number of hydrogen-bond acceptors (Lipinski definition) is 5. The molecule has 22 heavy (non-hydrogen) atoms. The van der Waals surface area contributed by atoms with E-state index in [1.165, 1.54) is 12.0 Å². The molecule has 0 atom stereocenters. The van der Waals surface area contributed by atoms with Crippen molar-refractivity contribution in [2.24, 2.45) is 0 Å².